The van der Waals surface area contributed by atoms with Crippen molar-refractivity contribution in [1.29, 1.82) is 0 Å². The van der Waals surface area contributed by atoms with Crippen molar-refractivity contribution >= 4 is 22.8 Å². The number of phenols is 1. The number of carbonyl (C=O) groups is 2. The lowest BCUT2D eigenvalue weighted by atomic mass is 9.83. The van der Waals surface area contributed by atoms with Crippen molar-refractivity contribution in [3.63, 3.8) is 0 Å². The van der Waals surface area contributed by atoms with E-state index in [1.54, 1.807) is 35.8 Å². The zero-order chi connectivity index (χ0) is 24.4. The number of nitrogens with zero attached hydrogens (tertiary/aromatic N) is 2. The van der Waals surface area contributed by atoms with Gasteiger partial charge in [0.15, 0.2) is 0 Å². The maximum absolute atomic E-state index is 13.6. The van der Waals surface area contributed by atoms with Gasteiger partial charge in [0.05, 0.1) is 29.0 Å². The molecule has 0 saturated heterocycles. The molecule has 3 aromatic rings. The summed E-state index contributed by atoms with van der Waals surface area (Å²) < 4.78 is 12.0. The molecule has 0 radical (unpaired) electrons. The molecule has 0 aliphatic carbocycles. The molecule has 9 nitrogen and oxygen atoms in total. The predicted octanol–water partition coefficient (Wildman–Crippen LogP) is 2.28. The van der Waals surface area contributed by atoms with Crippen molar-refractivity contribution in [2.24, 2.45) is 0 Å². The second kappa shape index (κ2) is 7.66. The largest absolute Gasteiger partial charge is 0.508 e. The number of phenolic OH excluding ortho intramolecular Hbond substituents is 1. The van der Waals surface area contributed by atoms with E-state index in [4.69, 9.17) is 14.5 Å². The molecule has 176 valence electrons. The van der Waals surface area contributed by atoms with E-state index in [0.29, 0.717) is 23.3 Å². The smallest absolute Gasteiger partial charge is 0.351 e. The number of esters is 2. The van der Waals surface area contributed by atoms with Crippen LogP contribution in [0.5, 0.6) is 5.75 Å². The second-order valence-corrected chi connectivity index (χ2v) is 8.66. The summed E-state index contributed by atoms with van der Waals surface area (Å²) in [5.41, 5.74) is 1.62. The van der Waals surface area contributed by atoms with Crippen molar-refractivity contribution in [2.75, 3.05) is 0 Å². The summed E-state index contributed by atoms with van der Waals surface area (Å²) in [6, 6.07) is 6.60. The molecule has 9 heteroatoms. The van der Waals surface area contributed by atoms with Gasteiger partial charge in [-0.3, -0.25) is 9.59 Å². The molecule has 1 aromatic carbocycles. The molecule has 2 atom stereocenters. The number of hydrogen-bond donors (Lipinski definition) is 2. The number of pyridine rings is 2. The Kier molecular flexibility index (Phi) is 4.98. The molecule has 2 N–H and O–H groups in total. The van der Waals surface area contributed by atoms with E-state index >= 15 is 0 Å². The average Bonchev–Trinajstić information content (AvgIpc) is 3.13. The van der Waals surface area contributed by atoms with E-state index in [1.165, 1.54) is 0 Å². The summed E-state index contributed by atoms with van der Waals surface area (Å²) in [6.45, 7) is 4.71. The van der Waals surface area contributed by atoms with Gasteiger partial charge in [-0.1, -0.05) is 13.8 Å². The maximum Gasteiger partial charge on any atom is 0.351 e. The Morgan fingerprint density at radius 1 is 1.26 bits per heavy atom. The molecular formula is C25H24N2O7. The molecule has 34 heavy (non-hydrogen) atoms. The number of ether oxygens (including phenoxy) is 2. The van der Waals surface area contributed by atoms with E-state index in [1.807, 2.05) is 6.92 Å². The summed E-state index contributed by atoms with van der Waals surface area (Å²) in [5, 5.41) is 22.4. The third kappa shape index (κ3) is 3.03. The Bertz CT molecular complexity index is 1440. The summed E-state index contributed by atoms with van der Waals surface area (Å²) in [6.07, 6.45) is -0.926. The van der Waals surface area contributed by atoms with Crippen LogP contribution in [0.25, 0.3) is 22.3 Å². The van der Waals surface area contributed by atoms with Gasteiger partial charge in [-0.2, -0.15) is 0 Å². The third-order valence-corrected chi connectivity index (χ3v) is 6.80. The number of aliphatic hydroxyl groups is 1. The lowest BCUT2D eigenvalue weighted by Gasteiger charge is -2.32. The minimum absolute atomic E-state index is 0.00737. The first kappa shape index (κ1) is 22.1. The van der Waals surface area contributed by atoms with E-state index in [9.17, 15) is 24.6 Å². The first-order chi connectivity index (χ1) is 16.2. The standard InChI is InChI=1S/C25H24N2O7/c1-4-14-15-8-13(29)6-7-19(15)26-21-16(14)10-27-20(21)9-18-17(23(27)30)11-33-24(31)22(34-12(3)28)25(18,32)5-2/h6-9,22,29,32H,4-5,10-11H2,1-3H3/t22-,25-/m0/s1. The van der Waals surface area contributed by atoms with Crippen molar-refractivity contribution in [3.8, 4) is 17.1 Å². The van der Waals surface area contributed by atoms with Crippen LogP contribution in [0.15, 0.2) is 29.1 Å². The van der Waals surface area contributed by atoms with Crippen LogP contribution >= 0.6 is 0 Å². The van der Waals surface area contributed by atoms with Crippen LogP contribution in [-0.4, -0.2) is 37.8 Å². The minimum atomic E-state index is -1.94. The number of aromatic hydroxyl groups is 1. The van der Waals surface area contributed by atoms with Gasteiger partial charge in [0.1, 0.15) is 18.0 Å². The van der Waals surface area contributed by atoms with Crippen molar-refractivity contribution < 1.29 is 29.3 Å². The number of rotatable bonds is 3. The minimum Gasteiger partial charge on any atom is -0.508 e. The number of hydrogen-bond acceptors (Lipinski definition) is 8. The van der Waals surface area contributed by atoms with Gasteiger partial charge in [-0.05, 0) is 42.7 Å². The van der Waals surface area contributed by atoms with Gasteiger partial charge in [-0.15, -0.1) is 0 Å². The summed E-state index contributed by atoms with van der Waals surface area (Å²) in [5.74, 6) is -1.52. The van der Waals surface area contributed by atoms with Crippen LogP contribution in [-0.2, 0) is 44.2 Å². The lowest BCUT2D eigenvalue weighted by molar-refractivity contribution is -0.186. The van der Waals surface area contributed by atoms with Crippen LogP contribution < -0.4 is 5.56 Å². The molecule has 5 rings (SSSR count). The number of benzene rings is 1. The fraction of sp³-hybridized carbons (Fsp3) is 0.360. The van der Waals surface area contributed by atoms with Crippen LogP contribution in [0.1, 0.15) is 49.4 Å². The van der Waals surface area contributed by atoms with E-state index < -0.39 is 29.2 Å². The topological polar surface area (TPSA) is 128 Å². The molecule has 0 unspecified atom stereocenters. The Labute approximate surface area is 194 Å². The molecule has 2 aliphatic rings. The highest BCUT2D eigenvalue weighted by Crippen LogP contribution is 2.41. The number of carbonyl (C=O) groups excluding carboxylic acids is 2. The third-order valence-electron chi connectivity index (χ3n) is 6.80. The first-order valence-corrected chi connectivity index (χ1v) is 11.2. The fourth-order valence-electron chi connectivity index (χ4n) is 5.11. The number of fused-ring (bicyclic) bond motifs is 5. The maximum atomic E-state index is 13.6. The van der Waals surface area contributed by atoms with Crippen molar-refractivity contribution in [3.05, 3.63) is 56.9 Å². The Morgan fingerprint density at radius 3 is 2.71 bits per heavy atom. The van der Waals surface area contributed by atoms with Crippen LogP contribution in [0.4, 0.5) is 0 Å². The zero-order valence-corrected chi connectivity index (χ0v) is 19.0. The quantitative estimate of drug-likeness (QED) is 0.442. The summed E-state index contributed by atoms with van der Waals surface area (Å²) in [7, 11) is 0. The number of cyclic esters (lactones) is 1. The SMILES string of the molecule is CCc1c2c(nc3ccc(O)cc13)-c1cc3c(c(=O)n1C2)COC(=O)[C@H](OC(C)=O)[C@]3(O)CC. The first-order valence-electron chi connectivity index (χ1n) is 11.2. The molecular weight excluding hydrogens is 440 g/mol. The van der Waals surface area contributed by atoms with Gasteiger partial charge >= 0.3 is 11.9 Å². The number of aromatic nitrogens is 2. The Balaban J connectivity index is 1.79. The van der Waals surface area contributed by atoms with E-state index in [2.05, 4.69) is 0 Å². The Morgan fingerprint density at radius 2 is 2.03 bits per heavy atom. The Hall–Kier alpha value is -3.72. The van der Waals surface area contributed by atoms with Crippen LogP contribution in [0, 0.1) is 0 Å². The molecule has 0 saturated carbocycles. The van der Waals surface area contributed by atoms with E-state index in [0.717, 1.165) is 23.4 Å². The van der Waals surface area contributed by atoms with Gasteiger partial charge in [0.25, 0.3) is 5.56 Å². The summed E-state index contributed by atoms with van der Waals surface area (Å²) in [4.78, 5) is 42.7. The van der Waals surface area contributed by atoms with Gasteiger partial charge in [0.2, 0.25) is 6.10 Å². The van der Waals surface area contributed by atoms with Crippen molar-refractivity contribution in [2.45, 2.75) is 58.5 Å². The van der Waals surface area contributed by atoms with Crippen LogP contribution in [0.3, 0.4) is 0 Å². The molecule has 0 fully saturated rings. The number of aryl methyl sites for hydroxylation is 1. The molecule has 2 aromatic heterocycles. The fourth-order valence-corrected chi connectivity index (χ4v) is 5.11. The van der Waals surface area contributed by atoms with E-state index in [-0.39, 0.29) is 36.4 Å². The normalized spacial score (nSPS) is 20.8. The van der Waals surface area contributed by atoms with Gasteiger partial charge in [-0.25, -0.2) is 9.78 Å². The predicted molar refractivity (Wildman–Crippen MR) is 121 cm³/mol. The lowest BCUT2D eigenvalue weighted by Crippen LogP contribution is -2.47. The molecule has 0 spiro atoms. The monoisotopic (exact) mass is 464 g/mol. The highest BCUT2D eigenvalue weighted by Gasteiger charge is 2.50. The molecule has 2 aliphatic heterocycles. The van der Waals surface area contributed by atoms with Crippen molar-refractivity contribution in [1.82, 2.24) is 9.55 Å². The van der Waals surface area contributed by atoms with Gasteiger partial charge in [0, 0.05) is 23.4 Å². The molecule has 0 bridgehead atoms. The summed E-state index contributed by atoms with van der Waals surface area (Å²) >= 11 is 0. The highest BCUT2D eigenvalue weighted by atomic mass is 16.6. The van der Waals surface area contributed by atoms with Gasteiger partial charge < -0.3 is 24.3 Å². The zero-order valence-electron chi connectivity index (χ0n) is 19.0. The molecule has 0 amide bonds. The van der Waals surface area contributed by atoms with Crippen LogP contribution in [0.2, 0.25) is 0 Å². The molecule has 4 heterocycles. The highest BCUT2D eigenvalue weighted by molar-refractivity contribution is 5.89. The second-order valence-electron chi connectivity index (χ2n) is 8.66. The average molecular weight is 464 g/mol.